The lowest BCUT2D eigenvalue weighted by Crippen LogP contribution is -2.34. The molecule has 0 aliphatic rings. The van der Waals surface area contributed by atoms with Crippen LogP contribution in [0.1, 0.15) is 12.5 Å². The van der Waals surface area contributed by atoms with Crippen LogP contribution in [0.15, 0.2) is 18.2 Å². The predicted molar refractivity (Wildman–Crippen MR) is 59.5 cm³/mol. The first-order valence-electron chi connectivity index (χ1n) is 4.59. The summed E-state index contributed by atoms with van der Waals surface area (Å²) in [7, 11) is 0. The van der Waals surface area contributed by atoms with Gasteiger partial charge in [-0.1, -0.05) is 6.07 Å². The van der Waals surface area contributed by atoms with E-state index in [1.807, 2.05) is 6.92 Å². The Balaban J connectivity index is 2.54. The van der Waals surface area contributed by atoms with E-state index >= 15 is 0 Å². The molecule has 0 aromatic heterocycles. The first kappa shape index (κ1) is 11.8. The molecule has 1 aromatic rings. The highest BCUT2D eigenvalue weighted by Gasteiger charge is 2.03. The molecule has 0 heterocycles. The molecule has 0 aliphatic heterocycles. The Hall–Kier alpha value is -1.23. The zero-order valence-electron chi connectivity index (χ0n) is 8.31. The molecule has 0 saturated carbocycles. The average molecular weight is 230 g/mol. The van der Waals surface area contributed by atoms with E-state index < -0.39 is 11.6 Å². The zero-order valence-corrected chi connectivity index (χ0v) is 9.13. The monoisotopic (exact) mass is 230 g/mol. The van der Waals surface area contributed by atoms with Crippen LogP contribution in [0.3, 0.4) is 0 Å². The van der Waals surface area contributed by atoms with E-state index in [2.05, 4.69) is 10.6 Å². The van der Waals surface area contributed by atoms with Crippen molar-refractivity contribution in [3.05, 3.63) is 35.4 Å². The molecule has 0 amide bonds. The molecule has 0 unspecified atom stereocenters. The number of benzene rings is 1. The first-order chi connectivity index (χ1) is 7.13. The third kappa shape index (κ3) is 3.79. The first-order valence-corrected chi connectivity index (χ1v) is 5.00. The normalized spacial score (nSPS) is 9.80. The Morgan fingerprint density at radius 2 is 2.07 bits per heavy atom. The van der Waals surface area contributed by atoms with Crippen LogP contribution < -0.4 is 10.6 Å². The minimum Gasteiger partial charge on any atom is -0.363 e. The Morgan fingerprint density at radius 3 is 2.67 bits per heavy atom. The van der Waals surface area contributed by atoms with Crippen LogP contribution in [0.4, 0.5) is 8.78 Å². The van der Waals surface area contributed by atoms with Crippen molar-refractivity contribution in [1.82, 2.24) is 10.6 Å². The van der Waals surface area contributed by atoms with E-state index in [4.69, 9.17) is 12.2 Å². The average Bonchev–Trinajstić information content (AvgIpc) is 2.17. The molecular formula is C10H12F2N2S. The van der Waals surface area contributed by atoms with Gasteiger partial charge in [0.05, 0.1) is 0 Å². The van der Waals surface area contributed by atoms with E-state index in [1.54, 1.807) is 0 Å². The third-order valence-corrected chi connectivity index (χ3v) is 2.08. The molecule has 2 nitrogen and oxygen atoms in total. The molecule has 5 heteroatoms. The fraction of sp³-hybridized carbons (Fsp3) is 0.300. The van der Waals surface area contributed by atoms with Crippen molar-refractivity contribution in [1.29, 1.82) is 0 Å². The number of hydrogen-bond acceptors (Lipinski definition) is 1. The molecule has 1 rings (SSSR count). The van der Waals surface area contributed by atoms with Gasteiger partial charge in [-0.2, -0.15) is 0 Å². The molecule has 0 fully saturated rings. The van der Waals surface area contributed by atoms with Gasteiger partial charge in [0.25, 0.3) is 0 Å². The van der Waals surface area contributed by atoms with E-state index in [0.29, 0.717) is 17.2 Å². The van der Waals surface area contributed by atoms with Gasteiger partial charge in [0.2, 0.25) is 0 Å². The molecule has 0 aliphatic carbocycles. The van der Waals surface area contributed by atoms with Crippen molar-refractivity contribution in [3.63, 3.8) is 0 Å². The van der Waals surface area contributed by atoms with Crippen molar-refractivity contribution in [2.45, 2.75) is 13.5 Å². The Labute approximate surface area is 92.7 Å². The number of halogens is 2. The SMILES string of the molecule is CCNC(=S)NCc1ccc(F)cc1F. The van der Waals surface area contributed by atoms with Gasteiger partial charge < -0.3 is 10.6 Å². The fourth-order valence-corrected chi connectivity index (χ4v) is 1.28. The topological polar surface area (TPSA) is 24.1 Å². The summed E-state index contributed by atoms with van der Waals surface area (Å²) >= 11 is 4.90. The second-order valence-electron chi connectivity index (χ2n) is 2.95. The van der Waals surface area contributed by atoms with Crippen molar-refractivity contribution in [2.75, 3.05) is 6.54 Å². The van der Waals surface area contributed by atoms with Gasteiger partial charge in [0.1, 0.15) is 11.6 Å². The Bertz CT molecular complexity index is 355. The minimum atomic E-state index is -0.578. The van der Waals surface area contributed by atoms with Crippen molar-refractivity contribution >= 4 is 17.3 Å². The van der Waals surface area contributed by atoms with Crippen LogP contribution in [0.2, 0.25) is 0 Å². The summed E-state index contributed by atoms with van der Waals surface area (Å²) in [6, 6.07) is 3.47. The molecule has 15 heavy (non-hydrogen) atoms. The van der Waals surface area contributed by atoms with E-state index in [0.717, 1.165) is 6.07 Å². The predicted octanol–water partition coefficient (Wildman–Crippen LogP) is 1.95. The van der Waals surface area contributed by atoms with Crippen LogP contribution in [-0.2, 0) is 6.54 Å². The van der Waals surface area contributed by atoms with Crippen molar-refractivity contribution in [2.24, 2.45) is 0 Å². The molecular weight excluding hydrogens is 218 g/mol. The largest absolute Gasteiger partial charge is 0.363 e. The minimum absolute atomic E-state index is 0.248. The second-order valence-corrected chi connectivity index (χ2v) is 3.36. The lowest BCUT2D eigenvalue weighted by Gasteiger charge is -2.09. The van der Waals surface area contributed by atoms with Crippen LogP contribution in [0.25, 0.3) is 0 Å². The number of hydrogen-bond donors (Lipinski definition) is 2. The lowest BCUT2D eigenvalue weighted by molar-refractivity contribution is 0.569. The maximum absolute atomic E-state index is 13.1. The summed E-state index contributed by atoms with van der Waals surface area (Å²) < 4.78 is 25.7. The van der Waals surface area contributed by atoms with E-state index in [-0.39, 0.29) is 6.54 Å². The highest BCUT2D eigenvalue weighted by atomic mass is 32.1. The van der Waals surface area contributed by atoms with Gasteiger partial charge in [-0.25, -0.2) is 8.78 Å². The van der Waals surface area contributed by atoms with Crippen LogP contribution in [-0.4, -0.2) is 11.7 Å². The molecule has 0 atom stereocenters. The molecule has 2 N–H and O–H groups in total. The van der Waals surface area contributed by atoms with Crippen LogP contribution in [0, 0.1) is 11.6 Å². The van der Waals surface area contributed by atoms with E-state index in [1.165, 1.54) is 12.1 Å². The molecule has 0 radical (unpaired) electrons. The van der Waals surface area contributed by atoms with Crippen molar-refractivity contribution in [3.8, 4) is 0 Å². The molecule has 0 saturated heterocycles. The molecule has 0 bridgehead atoms. The molecule has 82 valence electrons. The Kier molecular flexibility index (Phi) is 4.42. The quantitative estimate of drug-likeness (QED) is 0.776. The summed E-state index contributed by atoms with van der Waals surface area (Å²) in [6.07, 6.45) is 0. The maximum atomic E-state index is 13.1. The van der Waals surface area contributed by atoms with Gasteiger partial charge in [-0.05, 0) is 25.2 Å². The van der Waals surface area contributed by atoms with Crippen LogP contribution >= 0.6 is 12.2 Å². The van der Waals surface area contributed by atoms with Gasteiger partial charge in [-0.3, -0.25) is 0 Å². The fourth-order valence-electron chi connectivity index (χ4n) is 1.06. The standard InChI is InChI=1S/C10H12F2N2S/c1-2-13-10(15)14-6-7-3-4-8(11)5-9(7)12/h3-5H,2,6H2,1H3,(H2,13,14,15). The number of thiocarbonyl (C=S) groups is 1. The van der Waals surface area contributed by atoms with Gasteiger partial charge in [0, 0.05) is 24.7 Å². The number of rotatable bonds is 3. The molecule has 1 aromatic carbocycles. The van der Waals surface area contributed by atoms with Crippen LogP contribution in [0.5, 0.6) is 0 Å². The summed E-state index contributed by atoms with van der Waals surface area (Å²) in [6.45, 7) is 2.86. The highest BCUT2D eigenvalue weighted by molar-refractivity contribution is 7.80. The second kappa shape index (κ2) is 5.60. The number of nitrogens with one attached hydrogen (secondary N) is 2. The zero-order chi connectivity index (χ0) is 11.3. The third-order valence-electron chi connectivity index (χ3n) is 1.79. The molecule has 0 spiro atoms. The smallest absolute Gasteiger partial charge is 0.166 e. The lowest BCUT2D eigenvalue weighted by atomic mass is 10.2. The Morgan fingerprint density at radius 1 is 1.33 bits per heavy atom. The van der Waals surface area contributed by atoms with E-state index in [9.17, 15) is 8.78 Å². The summed E-state index contributed by atoms with van der Waals surface area (Å²) in [5, 5.41) is 6.15. The summed E-state index contributed by atoms with van der Waals surface area (Å²) in [5.41, 5.74) is 0.386. The summed E-state index contributed by atoms with van der Waals surface area (Å²) in [5.74, 6) is -1.15. The van der Waals surface area contributed by atoms with Gasteiger partial charge in [0.15, 0.2) is 5.11 Å². The highest BCUT2D eigenvalue weighted by Crippen LogP contribution is 2.08. The maximum Gasteiger partial charge on any atom is 0.166 e. The van der Waals surface area contributed by atoms with Gasteiger partial charge in [-0.15, -0.1) is 0 Å². The van der Waals surface area contributed by atoms with Gasteiger partial charge >= 0.3 is 0 Å². The summed E-state index contributed by atoms with van der Waals surface area (Å²) in [4.78, 5) is 0. The van der Waals surface area contributed by atoms with Crippen molar-refractivity contribution < 1.29 is 8.78 Å².